The second-order valence-corrected chi connectivity index (χ2v) is 10.7. The molecule has 0 saturated heterocycles. The molecular formula is C32H31ClN4O4. The van der Waals surface area contributed by atoms with Crippen LogP contribution in [0.4, 0.5) is 5.69 Å². The number of benzene rings is 2. The van der Waals surface area contributed by atoms with E-state index in [9.17, 15) is 14.4 Å². The lowest BCUT2D eigenvalue weighted by molar-refractivity contribution is -0.128. The van der Waals surface area contributed by atoms with Crippen LogP contribution in [0.5, 0.6) is 5.88 Å². The van der Waals surface area contributed by atoms with E-state index in [1.165, 1.54) is 29.3 Å². The first-order valence-corrected chi connectivity index (χ1v) is 13.9. The number of carbonyl (C=O) groups is 2. The van der Waals surface area contributed by atoms with Crippen molar-refractivity contribution in [3.63, 3.8) is 0 Å². The third-order valence-electron chi connectivity index (χ3n) is 7.83. The lowest BCUT2D eigenvalue weighted by Gasteiger charge is -2.29. The Kier molecular flexibility index (Phi) is 7.72. The number of hydrogen-bond donors (Lipinski definition) is 1. The monoisotopic (exact) mass is 570 g/mol. The number of ether oxygens (including phenoxy) is 1. The minimum absolute atomic E-state index is 0.0299. The van der Waals surface area contributed by atoms with Crippen molar-refractivity contribution >= 4 is 35.0 Å². The number of nitrogens with zero attached hydrogens (tertiary/aromatic N) is 3. The summed E-state index contributed by atoms with van der Waals surface area (Å²) in [5.74, 6) is 1.63. The number of likely N-dealkylation sites (N-methyl/N-ethyl adjacent to an activating group) is 1. The highest BCUT2D eigenvalue weighted by atomic mass is 35.5. The van der Waals surface area contributed by atoms with Gasteiger partial charge in [-0.1, -0.05) is 55.8 Å². The number of carbonyl (C=O) groups excluding carboxylic acids is 3. The van der Waals surface area contributed by atoms with Crippen LogP contribution in [-0.2, 0) is 27.2 Å². The van der Waals surface area contributed by atoms with Crippen molar-refractivity contribution in [1.29, 1.82) is 0 Å². The number of rotatable bonds is 6. The Morgan fingerprint density at radius 3 is 2.59 bits per heavy atom. The maximum Gasteiger partial charge on any atom is 0.266 e. The van der Waals surface area contributed by atoms with Crippen LogP contribution in [0.25, 0.3) is 22.4 Å². The number of anilines is 1. The van der Waals surface area contributed by atoms with E-state index in [1.54, 1.807) is 26.2 Å². The number of pyridine rings is 1. The van der Waals surface area contributed by atoms with Crippen LogP contribution in [0.3, 0.4) is 0 Å². The Morgan fingerprint density at radius 1 is 1.17 bits per heavy atom. The summed E-state index contributed by atoms with van der Waals surface area (Å²) in [6.45, 7) is 4.19. The lowest BCUT2D eigenvalue weighted by Crippen LogP contribution is -2.42. The molecule has 0 saturated carbocycles. The topological polar surface area (TPSA) is 91.8 Å². The van der Waals surface area contributed by atoms with Crippen molar-refractivity contribution in [2.45, 2.75) is 39.0 Å². The molecule has 2 heterocycles. The van der Waals surface area contributed by atoms with Gasteiger partial charge in [0.25, 0.3) is 11.8 Å². The van der Waals surface area contributed by atoms with Gasteiger partial charge >= 0.3 is 0 Å². The highest BCUT2D eigenvalue weighted by Gasteiger charge is 2.32. The van der Waals surface area contributed by atoms with Crippen molar-refractivity contribution < 1.29 is 19.1 Å². The van der Waals surface area contributed by atoms with Crippen LogP contribution in [0.2, 0.25) is 5.02 Å². The molecule has 9 heteroatoms. The first-order chi connectivity index (χ1) is 19.7. The van der Waals surface area contributed by atoms with Gasteiger partial charge in [-0.25, -0.2) is 9.78 Å². The molecule has 0 fully saturated rings. The molecule has 1 aliphatic heterocycles. The van der Waals surface area contributed by atoms with Crippen LogP contribution in [0.15, 0.2) is 60.1 Å². The Labute approximate surface area is 244 Å². The van der Waals surface area contributed by atoms with E-state index >= 15 is 0 Å². The molecule has 5 rings (SSSR count). The summed E-state index contributed by atoms with van der Waals surface area (Å²) in [7, 11) is 4.65. The first kappa shape index (κ1) is 28.1. The minimum atomic E-state index is -0.587. The molecule has 0 radical (unpaired) electrons. The zero-order valence-corrected chi connectivity index (χ0v) is 24.4. The third-order valence-corrected chi connectivity index (χ3v) is 8.24. The van der Waals surface area contributed by atoms with Crippen LogP contribution < -0.4 is 10.1 Å². The Balaban J connectivity index is 1.53. The number of halogens is 1. The molecule has 1 aliphatic carbocycles. The lowest BCUT2D eigenvalue weighted by atomic mass is 9.94. The van der Waals surface area contributed by atoms with Gasteiger partial charge in [-0.05, 0) is 54.0 Å². The standard InChI is InChI=1S/C32H31ClN4O4/c1-6-20-21(9-8-12-25(20)34-30(39)24-16-36(3)27(17-38)37(4)32(24)40)22-10-7-11-23(29(22)33)26-15-19-14-13-18(2)28(19)31(35-26)41-5/h7-12,15-16,18H,6,13-14H2,1-5H3,(H,34,39). The molecule has 1 atom stereocenters. The SMILES string of the molecule is CCc1c(NC(=O)C2=CN(C)C(=C=O)N(C)C2=O)cccc1-c1cccc(-c2cc3c(c(OC)n2)C(C)CC3)c1Cl. The van der Waals surface area contributed by atoms with E-state index in [0.29, 0.717) is 28.9 Å². The van der Waals surface area contributed by atoms with Gasteiger partial charge in [0.1, 0.15) is 5.57 Å². The molecular weight excluding hydrogens is 540 g/mol. The van der Waals surface area contributed by atoms with Gasteiger partial charge in [0.2, 0.25) is 11.7 Å². The number of nitrogens with one attached hydrogen (secondary N) is 1. The quantitative estimate of drug-likeness (QED) is 0.307. The van der Waals surface area contributed by atoms with Crippen LogP contribution in [-0.4, -0.2) is 53.7 Å². The maximum atomic E-state index is 13.3. The Hall–Kier alpha value is -4.39. The zero-order valence-electron chi connectivity index (χ0n) is 23.7. The smallest absolute Gasteiger partial charge is 0.266 e. The van der Waals surface area contributed by atoms with Crippen molar-refractivity contribution in [3.05, 3.63) is 81.8 Å². The molecule has 0 bridgehead atoms. The molecule has 210 valence electrons. The molecule has 0 spiro atoms. The molecule has 3 aromatic rings. The predicted octanol–water partition coefficient (Wildman–Crippen LogP) is 5.59. The number of methoxy groups -OCH3 is 1. The summed E-state index contributed by atoms with van der Waals surface area (Å²) in [6, 6.07) is 13.6. The Morgan fingerprint density at radius 2 is 1.88 bits per heavy atom. The van der Waals surface area contributed by atoms with Gasteiger partial charge < -0.3 is 15.0 Å². The third kappa shape index (κ3) is 4.90. The van der Waals surface area contributed by atoms with E-state index < -0.39 is 11.8 Å². The van der Waals surface area contributed by atoms with Crippen LogP contribution >= 0.6 is 11.6 Å². The number of aryl methyl sites for hydroxylation is 1. The zero-order chi connectivity index (χ0) is 29.4. The molecule has 8 nitrogen and oxygen atoms in total. The summed E-state index contributed by atoms with van der Waals surface area (Å²) in [6.07, 6.45) is 3.97. The van der Waals surface area contributed by atoms with E-state index in [-0.39, 0.29) is 11.4 Å². The second-order valence-electron chi connectivity index (χ2n) is 10.3. The highest BCUT2D eigenvalue weighted by Crippen LogP contribution is 2.43. The fourth-order valence-electron chi connectivity index (χ4n) is 5.71. The highest BCUT2D eigenvalue weighted by molar-refractivity contribution is 6.36. The second kappa shape index (κ2) is 11.2. The van der Waals surface area contributed by atoms with Gasteiger partial charge in [-0.3, -0.25) is 14.5 Å². The summed E-state index contributed by atoms with van der Waals surface area (Å²) < 4.78 is 5.67. The average molecular weight is 571 g/mol. The van der Waals surface area contributed by atoms with Crippen molar-refractivity contribution in [1.82, 2.24) is 14.8 Å². The van der Waals surface area contributed by atoms with E-state index in [0.717, 1.165) is 45.7 Å². The van der Waals surface area contributed by atoms with Gasteiger partial charge in [0, 0.05) is 42.7 Å². The molecule has 1 unspecified atom stereocenters. The van der Waals surface area contributed by atoms with Crippen LogP contribution in [0, 0.1) is 0 Å². The molecule has 1 aromatic heterocycles. The number of fused-ring (bicyclic) bond motifs is 1. The van der Waals surface area contributed by atoms with E-state index in [1.807, 2.05) is 37.3 Å². The fraction of sp³-hybridized carbons (Fsp3) is 0.281. The van der Waals surface area contributed by atoms with Gasteiger partial charge in [0.05, 0.1) is 17.8 Å². The summed E-state index contributed by atoms with van der Waals surface area (Å²) in [4.78, 5) is 44.6. The Bertz CT molecular complexity index is 1660. The largest absolute Gasteiger partial charge is 0.481 e. The van der Waals surface area contributed by atoms with E-state index in [4.69, 9.17) is 21.3 Å². The molecule has 2 aromatic carbocycles. The van der Waals surface area contributed by atoms with Crippen molar-refractivity contribution in [2.24, 2.45) is 0 Å². The maximum absolute atomic E-state index is 13.3. The molecule has 41 heavy (non-hydrogen) atoms. The molecule has 2 amide bonds. The number of aromatic nitrogens is 1. The molecule has 2 aliphatic rings. The first-order valence-electron chi connectivity index (χ1n) is 13.5. The molecule has 1 N–H and O–H groups in total. The fourth-order valence-corrected chi connectivity index (χ4v) is 6.03. The summed E-state index contributed by atoms with van der Waals surface area (Å²) in [5, 5.41) is 3.45. The van der Waals surface area contributed by atoms with E-state index in [2.05, 4.69) is 18.3 Å². The van der Waals surface area contributed by atoms with Gasteiger partial charge in [-0.2, -0.15) is 0 Å². The van der Waals surface area contributed by atoms with Gasteiger partial charge in [-0.15, -0.1) is 0 Å². The van der Waals surface area contributed by atoms with Crippen molar-refractivity contribution in [3.8, 4) is 28.3 Å². The normalized spacial score (nSPS) is 16.3. The van der Waals surface area contributed by atoms with Crippen molar-refractivity contribution in [2.75, 3.05) is 26.5 Å². The average Bonchev–Trinajstić information content (AvgIpc) is 3.35. The number of hydrogen-bond acceptors (Lipinski definition) is 6. The summed E-state index contributed by atoms with van der Waals surface area (Å²) in [5.41, 5.74) is 6.97. The summed E-state index contributed by atoms with van der Waals surface area (Å²) >= 11 is 7.07. The van der Waals surface area contributed by atoms with Crippen LogP contribution in [0.1, 0.15) is 42.9 Å². The minimum Gasteiger partial charge on any atom is -0.481 e. The van der Waals surface area contributed by atoms with Gasteiger partial charge in [0.15, 0.2) is 5.94 Å². The number of amides is 2. The predicted molar refractivity (Wildman–Crippen MR) is 159 cm³/mol.